The topological polar surface area (TPSA) is 63.6 Å². The van der Waals surface area contributed by atoms with E-state index in [0.717, 1.165) is 25.7 Å². The summed E-state index contributed by atoms with van der Waals surface area (Å²) in [6, 6.07) is 0. The van der Waals surface area contributed by atoms with E-state index in [4.69, 9.17) is 9.84 Å². The third-order valence-corrected chi connectivity index (χ3v) is 4.37. The average molecular weight is 334 g/mol. The van der Waals surface area contributed by atoms with Gasteiger partial charge in [0.15, 0.2) is 0 Å². The summed E-state index contributed by atoms with van der Waals surface area (Å²) in [5, 5.41) is 9.13. The van der Waals surface area contributed by atoms with Gasteiger partial charge in [-0.05, 0) is 59.0 Å². The molecule has 0 aliphatic carbocycles. The van der Waals surface area contributed by atoms with E-state index in [1.807, 2.05) is 13.0 Å². The van der Waals surface area contributed by atoms with Gasteiger partial charge in [0.1, 0.15) is 11.9 Å². The molecule has 2 atom stereocenters. The Labute approximate surface area is 145 Å². The fourth-order valence-electron chi connectivity index (χ4n) is 2.89. The Morgan fingerprint density at radius 1 is 1.21 bits per heavy atom. The molecule has 24 heavy (non-hydrogen) atoms. The number of hydrogen-bond donors (Lipinski definition) is 1. The number of aliphatic hydroxyl groups excluding tert-OH is 1. The van der Waals surface area contributed by atoms with Crippen molar-refractivity contribution in [1.29, 1.82) is 0 Å². The first-order valence-electron chi connectivity index (χ1n) is 8.68. The molecule has 1 N–H and O–H groups in total. The highest BCUT2D eigenvalue weighted by atomic mass is 16.5. The second kappa shape index (κ2) is 10.2. The van der Waals surface area contributed by atoms with Crippen molar-refractivity contribution in [1.82, 2.24) is 0 Å². The van der Waals surface area contributed by atoms with Crippen LogP contribution in [-0.4, -0.2) is 29.6 Å². The molecule has 0 saturated carbocycles. The molecule has 1 heterocycles. The summed E-state index contributed by atoms with van der Waals surface area (Å²) in [5.41, 5.74) is 2.93. The Bertz CT molecular complexity index is 528. The maximum atomic E-state index is 11.6. The summed E-state index contributed by atoms with van der Waals surface area (Å²) in [6.07, 6.45) is 8.73. The van der Waals surface area contributed by atoms with Crippen LogP contribution in [0.25, 0.3) is 0 Å². The number of cyclic esters (lactones) is 1. The zero-order valence-electron chi connectivity index (χ0n) is 15.1. The number of esters is 1. The molecule has 4 nitrogen and oxygen atoms in total. The molecule has 1 rings (SSSR count). The van der Waals surface area contributed by atoms with E-state index >= 15 is 0 Å². The SMILES string of the molecule is C=C1C(=O)O[C@H](/C=C(\C)CC/C=C(\C)CCCC(C)=O)[C@@H]1CCO. The van der Waals surface area contributed by atoms with Gasteiger partial charge in [0.05, 0.1) is 0 Å². The van der Waals surface area contributed by atoms with E-state index in [1.54, 1.807) is 6.92 Å². The van der Waals surface area contributed by atoms with Crippen LogP contribution in [0.1, 0.15) is 59.3 Å². The molecule has 0 aromatic rings. The monoisotopic (exact) mass is 334 g/mol. The Kier molecular flexibility index (Phi) is 8.69. The van der Waals surface area contributed by atoms with Gasteiger partial charge in [-0.15, -0.1) is 0 Å². The molecular formula is C20H30O4. The van der Waals surface area contributed by atoms with Crippen molar-refractivity contribution < 1.29 is 19.4 Å². The van der Waals surface area contributed by atoms with E-state index in [-0.39, 0.29) is 30.4 Å². The van der Waals surface area contributed by atoms with Gasteiger partial charge in [-0.1, -0.05) is 23.8 Å². The number of rotatable bonds is 10. The van der Waals surface area contributed by atoms with Crippen LogP contribution in [-0.2, 0) is 14.3 Å². The fraction of sp³-hybridized carbons (Fsp3) is 0.600. The van der Waals surface area contributed by atoms with Crippen molar-refractivity contribution >= 4 is 11.8 Å². The maximum Gasteiger partial charge on any atom is 0.334 e. The minimum Gasteiger partial charge on any atom is -0.454 e. The van der Waals surface area contributed by atoms with Crippen LogP contribution in [0.5, 0.6) is 0 Å². The third kappa shape index (κ3) is 6.83. The lowest BCUT2D eigenvalue weighted by atomic mass is 9.92. The van der Waals surface area contributed by atoms with E-state index in [2.05, 4.69) is 19.6 Å². The zero-order chi connectivity index (χ0) is 18.1. The first-order valence-corrected chi connectivity index (χ1v) is 8.68. The number of hydrogen-bond acceptors (Lipinski definition) is 4. The standard InChI is InChI=1S/C20H30O4/c1-14(8-6-10-16(3)22)7-5-9-15(2)13-19-18(11-12-21)17(4)20(23)24-19/h7,13,18-19,21H,4-6,8-12H2,1-3H3/b14-7+,15-13+/t18-,19-/m1/s1. The summed E-state index contributed by atoms with van der Waals surface area (Å²) >= 11 is 0. The van der Waals surface area contributed by atoms with E-state index in [0.29, 0.717) is 18.4 Å². The molecule has 1 aliphatic heterocycles. The Hall–Kier alpha value is -1.68. The van der Waals surface area contributed by atoms with Gasteiger partial charge in [-0.25, -0.2) is 4.79 Å². The summed E-state index contributed by atoms with van der Waals surface area (Å²) in [7, 11) is 0. The van der Waals surface area contributed by atoms with E-state index < -0.39 is 0 Å². The smallest absolute Gasteiger partial charge is 0.334 e. The second-order valence-electron chi connectivity index (χ2n) is 6.67. The molecule has 134 valence electrons. The van der Waals surface area contributed by atoms with Crippen LogP contribution in [0, 0.1) is 5.92 Å². The summed E-state index contributed by atoms with van der Waals surface area (Å²) in [5.74, 6) is -0.239. The van der Waals surface area contributed by atoms with Gasteiger partial charge in [0, 0.05) is 24.5 Å². The number of carbonyl (C=O) groups excluding carboxylic acids is 2. The first kappa shape index (κ1) is 20.4. The van der Waals surface area contributed by atoms with Crippen LogP contribution in [0.2, 0.25) is 0 Å². The molecule has 0 radical (unpaired) electrons. The minimum absolute atomic E-state index is 0.0198. The van der Waals surface area contributed by atoms with Crippen molar-refractivity contribution in [2.45, 2.75) is 65.4 Å². The van der Waals surface area contributed by atoms with Gasteiger partial charge in [0.25, 0.3) is 0 Å². The lowest BCUT2D eigenvalue weighted by molar-refractivity contribution is -0.137. The molecule has 0 amide bonds. The first-order chi connectivity index (χ1) is 11.3. The molecule has 4 heteroatoms. The Morgan fingerprint density at radius 2 is 1.92 bits per heavy atom. The highest BCUT2D eigenvalue weighted by Crippen LogP contribution is 2.31. The number of ketones is 1. The van der Waals surface area contributed by atoms with Crippen LogP contribution in [0.15, 0.2) is 35.5 Å². The summed E-state index contributed by atoms with van der Waals surface area (Å²) in [4.78, 5) is 22.6. The molecule has 1 aliphatic rings. The van der Waals surface area contributed by atoms with Crippen LogP contribution >= 0.6 is 0 Å². The molecule has 1 fully saturated rings. The largest absolute Gasteiger partial charge is 0.454 e. The number of carbonyl (C=O) groups is 2. The third-order valence-electron chi connectivity index (χ3n) is 4.37. The highest BCUT2D eigenvalue weighted by molar-refractivity contribution is 5.91. The number of allylic oxidation sites excluding steroid dienone is 3. The number of Topliss-reactive ketones (excluding diaryl/α,β-unsaturated/α-hetero) is 1. The Morgan fingerprint density at radius 3 is 2.54 bits per heavy atom. The zero-order valence-corrected chi connectivity index (χ0v) is 15.1. The van der Waals surface area contributed by atoms with Crippen molar-refractivity contribution in [3.05, 3.63) is 35.5 Å². The normalized spacial score (nSPS) is 22.0. The van der Waals surface area contributed by atoms with Crippen molar-refractivity contribution in [3.63, 3.8) is 0 Å². The minimum atomic E-state index is -0.358. The molecule has 0 aromatic heterocycles. The number of ether oxygens (including phenoxy) is 1. The van der Waals surface area contributed by atoms with Crippen molar-refractivity contribution in [2.24, 2.45) is 5.92 Å². The lowest BCUT2D eigenvalue weighted by Gasteiger charge is -2.14. The van der Waals surface area contributed by atoms with Gasteiger partial charge in [0.2, 0.25) is 0 Å². The highest BCUT2D eigenvalue weighted by Gasteiger charge is 2.36. The van der Waals surface area contributed by atoms with E-state index in [9.17, 15) is 9.59 Å². The quantitative estimate of drug-likeness (QED) is 0.374. The van der Waals surface area contributed by atoms with Crippen LogP contribution < -0.4 is 0 Å². The molecule has 1 saturated heterocycles. The summed E-state index contributed by atoms with van der Waals surface area (Å²) < 4.78 is 5.34. The molecule has 0 unspecified atom stereocenters. The number of aliphatic hydroxyl groups is 1. The van der Waals surface area contributed by atoms with Gasteiger partial charge in [-0.3, -0.25) is 0 Å². The van der Waals surface area contributed by atoms with Crippen molar-refractivity contribution in [2.75, 3.05) is 6.61 Å². The predicted octanol–water partition coefficient (Wildman–Crippen LogP) is 3.90. The predicted molar refractivity (Wildman–Crippen MR) is 95.5 cm³/mol. The van der Waals surface area contributed by atoms with Crippen molar-refractivity contribution in [3.8, 4) is 0 Å². The van der Waals surface area contributed by atoms with Crippen LogP contribution in [0.3, 0.4) is 0 Å². The van der Waals surface area contributed by atoms with Crippen LogP contribution in [0.4, 0.5) is 0 Å². The fourth-order valence-corrected chi connectivity index (χ4v) is 2.89. The molecular weight excluding hydrogens is 304 g/mol. The average Bonchev–Trinajstić information content (AvgIpc) is 2.75. The lowest BCUT2D eigenvalue weighted by Crippen LogP contribution is -2.15. The van der Waals surface area contributed by atoms with Gasteiger partial charge in [-0.2, -0.15) is 0 Å². The Balaban J connectivity index is 2.47. The van der Waals surface area contributed by atoms with Gasteiger partial charge >= 0.3 is 5.97 Å². The second-order valence-corrected chi connectivity index (χ2v) is 6.67. The van der Waals surface area contributed by atoms with E-state index in [1.165, 1.54) is 11.1 Å². The summed E-state index contributed by atoms with van der Waals surface area (Å²) in [6.45, 7) is 9.55. The molecule has 0 spiro atoms. The van der Waals surface area contributed by atoms with Gasteiger partial charge < -0.3 is 14.6 Å². The molecule has 0 aromatic carbocycles. The maximum absolute atomic E-state index is 11.6. The molecule has 0 bridgehead atoms.